The molecule has 2 aromatic heterocycles. The summed E-state index contributed by atoms with van der Waals surface area (Å²) in [6, 6.07) is 10.4. The lowest BCUT2D eigenvalue weighted by molar-refractivity contribution is -0.0629. The van der Waals surface area contributed by atoms with Crippen LogP contribution in [0.5, 0.6) is 0 Å². The third-order valence-corrected chi connectivity index (χ3v) is 4.72. The summed E-state index contributed by atoms with van der Waals surface area (Å²) in [7, 11) is 0. The lowest BCUT2D eigenvalue weighted by atomic mass is 9.97. The Morgan fingerprint density at radius 2 is 2.07 bits per heavy atom. The quantitative estimate of drug-likeness (QED) is 0.589. The van der Waals surface area contributed by atoms with E-state index in [1.807, 2.05) is 6.07 Å². The summed E-state index contributed by atoms with van der Waals surface area (Å²) in [5.41, 5.74) is -1.01. The molecule has 8 heteroatoms. The highest BCUT2D eigenvalue weighted by atomic mass is 16.6. The van der Waals surface area contributed by atoms with Gasteiger partial charge in [-0.1, -0.05) is 30.7 Å². The summed E-state index contributed by atoms with van der Waals surface area (Å²) in [5, 5.41) is 24.6. The number of aliphatic hydroxyl groups is 2. The van der Waals surface area contributed by atoms with Crippen molar-refractivity contribution in [1.82, 2.24) is 14.5 Å². The van der Waals surface area contributed by atoms with Gasteiger partial charge in [0, 0.05) is 11.8 Å². The zero-order valence-electron chi connectivity index (χ0n) is 15.5. The molecule has 0 spiro atoms. The van der Waals surface area contributed by atoms with Gasteiger partial charge >= 0.3 is 0 Å². The number of nitrogens with one attached hydrogen (secondary N) is 1. The SMILES string of the molecule is C=C1OC(n2ccc3c(NC(=O)c4ccccc4)ncnc32)[C@@](O)(C#CC)[C@@H]1O. The minimum absolute atomic E-state index is 0.00811. The third kappa shape index (κ3) is 3.02. The average molecular weight is 390 g/mol. The van der Waals surface area contributed by atoms with Gasteiger partial charge in [0.15, 0.2) is 6.10 Å². The summed E-state index contributed by atoms with van der Waals surface area (Å²) >= 11 is 0. The van der Waals surface area contributed by atoms with Crippen LogP contribution < -0.4 is 5.32 Å². The number of amides is 1. The normalized spacial score (nSPS) is 23.3. The number of carbonyl (C=O) groups is 1. The molecule has 146 valence electrons. The topological polar surface area (TPSA) is 110 Å². The monoisotopic (exact) mass is 390 g/mol. The van der Waals surface area contributed by atoms with Crippen LogP contribution in [0.1, 0.15) is 23.5 Å². The smallest absolute Gasteiger partial charge is 0.256 e. The number of fused-ring (bicyclic) bond motifs is 1. The second-order valence-corrected chi connectivity index (χ2v) is 6.54. The molecule has 3 aromatic rings. The minimum Gasteiger partial charge on any atom is -0.468 e. The lowest BCUT2D eigenvalue weighted by Gasteiger charge is -2.25. The highest BCUT2D eigenvalue weighted by Gasteiger charge is 2.53. The fourth-order valence-electron chi connectivity index (χ4n) is 3.31. The number of rotatable bonds is 3. The van der Waals surface area contributed by atoms with Crippen LogP contribution in [-0.2, 0) is 4.74 Å². The molecule has 29 heavy (non-hydrogen) atoms. The van der Waals surface area contributed by atoms with Crippen LogP contribution in [0, 0.1) is 11.8 Å². The van der Waals surface area contributed by atoms with Gasteiger partial charge in [-0.15, -0.1) is 5.92 Å². The average Bonchev–Trinajstić information content (AvgIpc) is 3.24. The van der Waals surface area contributed by atoms with Crippen LogP contribution in [-0.4, -0.2) is 42.4 Å². The second-order valence-electron chi connectivity index (χ2n) is 6.54. The van der Waals surface area contributed by atoms with Crippen molar-refractivity contribution in [2.75, 3.05) is 5.32 Å². The number of hydrogen-bond acceptors (Lipinski definition) is 6. The molecule has 3 N–H and O–H groups in total. The summed E-state index contributed by atoms with van der Waals surface area (Å²) in [4.78, 5) is 20.9. The molecule has 4 rings (SSSR count). The first kappa shape index (κ1) is 18.7. The molecule has 0 aliphatic carbocycles. The van der Waals surface area contributed by atoms with Gasteiger partial charge in [-0.3, -0.25) is 9.36 Å². The zero-order chi connectivity index (χ0) is 20.6. The second kappa shape index (κ2) is 7.05. The zero-order valence-corrected chi connectivity index (χ0v) is 15.5. The Morgan fingerprint density at radius 3 is 2.79 bits per heavy atom. The molecule has 1 unspecified atom stereocenters. The number of nitrogens with zero attached hydrogens (tertiary/aromatic N) is 3. The maximum atomic E-state index is 12.5. The molecule has 0 bridgehead atoms. The van der Waals surface area contributed by atoms with Gasteiger partial charge < -0.3 is 20.3 Å². The van der Waals surface area contributed by atoms with E-state index in [1.54, 1.807) is 43.5 Å². The highest BCUT2D eigenvalue weighted by Crippen LogP contribution is 2.41. The van der Waals surface area contributed by atoms with Crippen molar-refractivity contribution in [2.45, 2.75) is 24.9 Å². The number of aliphatic hydroxyl groups excluding tert-OH is 1. The van der Waals surface area contributed by atoms with E-state index in [9.17, 15) is 15.0 Å². The molecule has 3 atom stereocenters. The van der Waals surface area contributed by atoms with Crippen molar-refractivity contribution in [2.24, 2.45) is 0 Å². The summed E-state index contributed by atoms with van der Waals surface area (Å²) in [6.07, 6.45) is 0.471. The van der Waals surface area contributed by atoms with Gasteiger partial charge in [0.05, 0.1) is 5.39 Å². The van der Waals surface area contributed by atoms with Gasteiger partial charge in [0.2, 0.25) is 11.8 Å². The Hall–Kier alpha value is -3.67. The number of hydrogen-bond donors (Lipinski definition) is 3. The molecule has 8 nitrogen and oxygen atoms in total. The largest absolute Gasteiger partial charge is 0.468 e. The number of aromatic nitrogens is 3. The van der Waals surface area contributed by atoms with Gasteiger partial charge in [-0.25, -0.2) is 9.97 Å². The van der Waals surface area contributed by atoms with Crippen molar-refractivity contribution in [3.05, 3.63) is 66.8 Å². The number of ether oxygens (including phenoxy) is 1. The lowest BCUT2D eigenvalue weighted by Crippen LogP contribution is -2.43. The number of anilines is 1. The molecular formula is C21H18N4O4. The maximum absolute atomic E-state index is 12.5. The molecule has 0 saturated carbocycles. The summed E-state index contributed by atoms with van der Waals surface area (Å²) in [6.45, 7) is 5.19. The third-order valence-electron chi connectivity index (χ3n) is 4.72. The van der Waals surface area contributed by atoms with Crippen LogP contribution in [0.3, 0.4) is 0 Å². The first-order valence-electron chi connectivity index (χ1n) is 8.83. The number of carbonyl (C=O) groups excluding carboxylic acids is 1. The van der Waals surface area contributed by atoms with E-state index in [0.717, 1.165) is 0 Å². The fraction of sp³-hybridized carbons (Fsp3) is 0.190. The van der Waals surface area contributed by atoms with E-state index >= 15 is 0 Å². The van der Waals surface area contributed by atoms with Crippen molar-refractivity contribution >= 4 is 22.8 Å². The maximum Gasteiger partial charge on any atom is 0.256 e. The molecule has 1 fully saturated rings. The Labute approximate surface area is 166 Å². The fourth-order valence-corrected chi connectivity index (χ4v) is 3.31. The Balaban J connectivity index is 1.74. The van der Waals surface area contributed by atoms with Crippen LogP contribution in [0.2, 0.25) is 0 Å². The van der Waals surface area contributed by atoms with Crippen molar-refractivity contribution in [3.63, 3.8) is 0 Å². The van der Waals surface area contributed by atoms with Gasteiger partial charge in [-0.05, 0) is 25.1 Å². The first-order valence-corrected chi connectivity index (χ1v) is 8.83. The van der Waals surface area contributed by atoms with Crippen LogP contribution >= 0.6 is 0 Å². The van der Waals surface area contributed by atoms with E-state index in [2.05, 4.69) is 33.7 Å². The number of benzene rings is 1. The highest BCUT2D eigenvalue weighted by molar-refractivity contribution is 6.07. The molecule has 1 amide bonds. The summed E-state index contributed by atoms with van der Waals surface area (Å²) < 4.78 is 7.13. The van der Waals surface area contributed by atoms with E-state index in [0.29, 0.717) is 22.4 Å². The molecular weight excluding hydrogens is 372 g/mol. The Kier molecular flexibility index (Phi) is 4.54. The first-order chi connectivity index (χ1) is 14.0. The van der Waals surface area contributed by atoms with Crippen LogP contribution in [0.4, 0.5) is 5.82 Å². The van der Waals surface area contributed by atoms with Gasteiger partial charge in [0.25, 0.3) is 5.91 Å². The molecule has 1 saturated heterocycles. The van der Waals surface area contributed by atoms with Crippen molar-refractivity contribution < 1.29 is 19.7 Å². The predicted octanol–water partition coefficient (Wildman–Crippen LogP) is 1.84. The van der Waals surface area contributed by atoms with Crippen LogP contribution in [0.25, 0.3) is 11.0 Å². The summed E-state index contributed by atoms with van der Waals surface area (Å²) in [5.74, 6) is 5.23. The van der Waals surface area contributed by atoms with E-state index < -0.39 is 17.9 Å². The standard InChI is InChI=1S/C21H18N4O4/c1-3-10-21(28)16(26)13(2)29-20(21)25-11-9-15-17(22-12-23-18(15)25)24-19(27)14-7-5-4-6-8-14/h4-9,11-12,16,20,26,28H,2H2,1H3,(H,22,23,24,27)/t16-,20?,21-/m1/s1. The molecule has 1 aliphatic rings. The molecule has 3 heterocycles. The van der Waals surface area contributed by atoms with Gasteiger partial charge in [0.1, 0.15) is 23.6 Å². The van der Waals surface area contributed by atoms with E-state index in [1.165, 1.54) is 10.9 Å². The molecule has 1 aliphatic heterocycles. The Morgan fingerprint density at radius 1 is 1.31 bits per heavy atom. The predicted molar refractivity (Wildman–Crippen MR) is 106 cm³/mol. The van der Waals surface area contributed by atoms with Crippen molar-refractivity contribution in [1.29, 1.82) is 0 Å². The Bertz CT molecular complexity index is 1160. The minimum atomic E-state index is -1.89. The molecule has 1 aromatic carbocycles. The van der Waals surface area contributed by atoms with E-state index in [4.69, 9.17) is 4.74 Å². The van der Waals surface area contributed by atoms with E-state index in [-0.39, 0.29) is 11.7 Å². The van der Waals surface area contributed by atoms with Gasteiger partial charge in [-0.2, -0.15) is 0 Å². The van der Waals surface area contributed by atoms with Crippen molar-refractivity contribution in [3.8, 4) is 11.8 Å². The molecule has 0 radical (unpaired) electrons. The van der Waals surface area contributed by atoms with Crippen LogP contribution in [0.15, 0.2) is 61.3 Å².